The third-order valence-electron chi connectivity index (χ3n) is 4.14. The molecular weight excluding hydrogens is 358 g/mol. The molecule has 1 atom stereocenters. The van der Waals surface area contributed by atoms with Gasteiger partial charge in [0.1, 0.15) is 11.3 Å². The quantitative estimate of drug-likeness (QED) is 0.507. The van der Waals surface area contributed by atoms with Gasteiger partial charge < -0.3 is 23.8 Å². The van der Waals surface area contributed by atoms with Crippen molar-refractivity contribution in [1.29, 1.82) is 0 Å². The summed E-state index contributed by atoms with van der Waals surface area (Å²) in [5.74, 6) is -3.72. The van der Waals surface area contributed by atoms with E-state index in [9.17, 15) is 19.2 Å². The van der Waals surface area contributed by atoms with Crippen LogP contribution < -0.4 is 0 Å². The minimum absolute atomic E-state index is 0.152. The molecular formula is C18H19NO8. The number of carbonyl (C=O) groups excluding carboxylic acids is 4. The predicted molar refractivity (Wildman–Crippen MR) is 90.6 cm³/mol. The largest absolute Gasteiger partial charge is 0.466 e. The Morgan fingerprint density at radius 3 is 1.85 bits per heavy atom. The highest BCUT2D eigenvalue weighted by Crippen LogP contribution is 2.39. The van der Waals surface area contributed by atoms with Crippen molar-refractivity contribution in [2.24, 2.45) is 0 Å². The van der Waals surface area contributed by atoms with Crippen LogP contribution in [0.4, 0.5) is 0 Å². The molecule has 27 heavy (non-hydrogen) atoms. The number of nitrogens with zero attached hydrogens (tertiary/aromatic N) is 1. The van der Waals surface area contributed by atoms with Gasteiger partial charge in [-0.15, -0.1) is 0 Å². The molecule has 0 amide bonds. The van der Waals surface area contributed by atoms with Crippen LogP contribution in [0.5, 0.6) is 0 Å². The highest BCUT2D eigenvalue weighted by molar-refractivity contribution is 6.16. The lowest BCUT2D eigenvalue weighted by Crippen LogP contribution is -2.46. The summed E-state index contributed by atoms with van der Waals surface area (Å²) in [6.45, 7) is 1.67. The molecule has 0 aromatic rings. The molecule has 2 aliphatic rings. The summed E-state index contributed by atoms with van der Waals surface area (Å²) in [5.41, 5.74) is -0.690. The zero-order chi connectivity index (χ0) is 20.3. The van der Waals surface area contributed by atoms with Crippen LogP contribution in [0.25, 0.3) is 0 Å². The molecule has 2 heterocycles. The van der Waals surface area contributed by atoms with Crippen molar-refractivity contribution >= 4 is 23.9 Å². The normalized spacial score (nSPS) is 18.5. The smallest absolute Gasteiger partial charge is 0.355 e. The van der Waals surface area contributed by atoms with Gasteiger partial charge in [-0.1, -0.05) is 12.2 Å². The Morgan fingerprint density at radius 1 is 0.815 bits per heavy atom. The first-order chi connectivity index (χ1) is 12.8. The first-order valence-electron chi connectivity index (χ1n) is 7.80. The van der Waals surface area contributed by atoms with E-state index in [2.05, 4.69) is 0 Å². The summed E-state index contributed by atoms with van der Waals surface area (Å²) in [7, 11) is 4.45. The number of ether oxygens (including phenoxy) is 4. The maximum atomic E-state index is 12.5. The van der Waals surface area contributed by atoms with Crippen LogP contribution in [0.3, 0.4) is 0 Å². The number of methoxy groups -OCH3 is 4. The molecule has 2 aliphatic heterocycles. The first kappa shape index (κ1) is 20.0. The fourth-order valence-electron chi connectivity index (χ4n) is 2.99. The lowest BCUT2D eigenvalue weighted by atomic mass is 9.85. The van der Waals surface area contributed by atoms with Crippen molar-refractivity contribution in [2.75, 3.05) is 28.4 Å². The molecule has 0 fully saturated rings. The van der Waals surface area contributed by atoms with E-state index in [-0.39, 0.29) is 11.3 Å². The molecule has 9 heteroatoms. The minimum atomic E-state index is -1.00. The van der Waals surface area contributed by atoms with Gasteiger partial charge in [0.15, 0.2) is 0 Å². The fourth-order valence-corrected chi connectivity index (χ4v) is 2.99. The van der Waals surface area contributed by atoms with E-state index in [0.29, 0.717) is 5.70 Å². The Kier molecular flexibility index (Phi) is 5.84. The second-order valence-electron chi connectivity index (χ2n) is 5.49. The number of hydrogen-bond acceptors (Lipinski definition) is 9. The molecule has 0 bridgehead atoms. The van der Waals surface area contributed by atoms with Crippen molar-refractivity contribution in [3.05, 3.63) is 46.3 Å². The van der Waals surface area contributed by atoms with Crippen LogP contribution in [0.1, 0.15) is 6.92 Å². The number of allylic oxidation sites excluding steroid dienone is 3. The van der Waals surface area contributed by atoms with Gasteiger partial charge in [-0.25, -0.2) is 19.2 Å². The van der Waals surface area contributed by atoms with E-state index >= 15 is 0 Å². The molecule has 0 saturated carbocycles. The molecule has 1 unspecified atom stereocenters. The van der Waals surface area contributed by atoms with Gasteiger partial charge in [0.25, 0.3) is 0 Å². The Hall–Kier alpha value is -3.36. The number of carbonyl (C=O) groups is 4. The van der Waals surface area contributed by atoms with Crippen LogP contribution in [0.15, 0.2) is 46.3 Å². The van der Waals surface area contributed by atoms with Gasteiger partial charge in [-0.2, -0.15) is 0 Å². The van der Waals surface area contributed by atoms with Crippen LogP contribution in [0, 0.1) is 0 Å². The molecule has 0 N–H and O–H groups in total. The van der Waals surface area contributed by atoms with Gasteiger partial charge in [-0.05, 0) is 13.0 Å². The van der Waals surface area contributed by atoms with Gasteiger partial charge in [0.2, 0.25) is 0 Å². The van der Waals surface area contributed by atoms with E-state index in [0.717, 1.165) is 28.4 Å². The summed E-state index contributed by atoms with van der Waals surface area (Å²) in [6.07, 6.45) is 4.91. The first-order valence-corrected chi connectivity index (χ1v) is 7.80. The number of esters is 4. The van der Waals surface area contributed by atoms with Crippen molar-refractivity contribution in [1.82, 2.24) is 4.90 Å². The van der Waals surface area contributed by atoms with Crippen LogP contribution in [-0.4, -0.2) is 63.3 Å². The molecule has 9 nitrogen and oxygen atoms in total. The van der Waals surface area contributed by atoms with E-state index in [1.807, 2.05) is 0 Å². The average Bonchev–Trinajstić information content (AvgIpc) is 2.69. The van der Waals surface area contributed by atoms with Crippen LogP contribution in [0.2, 0.25) is 0 Å². The van der Waals surface area contributed by atoms with E-state index in [4.69, 9.17) is 18.9 Å². The highest BCUT2D eigenvalue weighted by Gasteiger charge is 2.46. The van der Waals surface area contributed by atoms with E-state index in [1.165, 1.54) is 4.90 Å². The second-order valence-corrected chi connectivity index (χ2v) is 5.49. The van der Waals surface area contributed by atoms with Gasteiger partial charge in [0, 0.05) is 5.70 Å². The maximum Gasteiger partial charge on any atom is 0.355 e. The van der Waals surface area contributed by atoms with Gasteiger partial charge in [0.05, 0.1) is 45.6 Å². The SMILES string of the molecule is COC(=O)C1=C(C(=O)OC)C2C=CC=C(C)N2C(C(=O)OC)=C1C(=O)OC. The minimum Gasteiger partial charge on any atom is -0.466 e. The number of hydrogen-bond donors (Lipinski definition) is 0. The zero-order valence-corrected chi connectivity index (χ0v) is 15.5. The zero-order valence-electron chi connectivity index (χ0n) is 15.5. The monoisotopic (exact) mass is 377 g/mol. The lowest BCUT2D eigenvalue weighted by Gasteiger charge is -2.40. The van der Waals surface area contributed by atoms with Crippen LogP contribution >= 0.6 is 0 Å². The maximum absolute atomic E-state index is 12.5. The summed E-state index contributed by atoms with van der Waals surface area (Å²) in [6, 6.07) is -0.876. The molecule has 2 rings (SSSR count). The van der Waals surface area contributed by atoms with Crippen molar-refractivity contribution in [3.8, 4) is 0 Å². The van der Waals surface area contributed by atoms with Crippen molar-refractivity contribution < 1.29 is 38.1 Å². The summed E-state index contributed by atoms with van der Waals surface area (Å²) < 4.78 is 19.1. The third-order valence-corrected chi connectivity index (χ3v) is 4.14. The molecule has 144 valence electrons. The van der Waals surface area contributed by atoms with Gasteiger partial charge in [-0.3, -0.25) is 0 Å². The Bertz CT molecular complexity index is 830. The van der Waals surface area contributed by atoms with E-state index in [1.54, 1.807) is 25.2 Å². The van der Waals surface area contributed by atoms with E-state index < -0.39 is 41.1 Å². The number of fused-ring (bicyclic) bond motifs is 1. The molecule has 0 aromatic carbocycles. The van der Waals surface area contributed by atoms with Gasteiger partial charge >= 0.3 is 23.9 Å². The summed E-state index contributed by atoms with van der Waals surface area (Å²) in [4.78, 5) is 51.5. The molecule has 0 spiro atoms. The fraction of sp³-hybridized carbons (Fsp3) is 0.333. The Balaban J connectivity index is 2.99. The summed E-state index contributed by atoms with van der Waals surface area (Å²) in [5, 5.41) is 0. The summed E-state index contributed by atoms with van der Waals surface area (Å²) >= 11 is 0. The highest BCUT2D eigenvalue weighted by atomic mass is 16.5. The molecule has 0 aliphatic carbocycles. The predicted octanol–water partition coefficient (Wildman–Crippen LogP) is 0.387. The van der Waals surface area contributed by atoms with Crippen LogP contribution in [-0.2, 0) is 38.1 Å². The Morgan fingerprint density at radius 2 is 1.33 bits per heavy atom. The standard InChI is InChI=1S/C18H19NO8/c1-9-7-6-8-10-11(15(20)24-2)12(16(21)25-3)13(17(22)26-4)14(19(9)10)18(23)27-5/h6-8,10H,1-5H3. The number of rotatable bonds is 4. The topological polar surface area (TPSA) is 108 Å². The lowest BCUT2D eigenvalue weighted by molar-refractivity contribution is -0.143. The second kappa shape index (κ2) is 7.90. The molecule has 0 aromatic heterocycles. The van der Waals surface area contributed by atoms with Crippen molar-refractivity contribution in [3.63, 3.8) is 0 Å². The average molecular weight is 377 g/mol. The van der Waals surface area contributed by atoms with Crippen molar-refractivity contribution in [2.45, 2.75) is 13.0 Å². The molecule has 0 saturated heterocycles. The Labute approximate surface area is 155 Å². The third kappa shape index (κ3) is 3.23. The molecule has 0 radical (unpaired) electrons.